The average Bonchev–Trinajstić information content (AvgIpc) is 3.35. The smallest absolute Gasteiger partial charge is 0.269 e. The highest BCUT2D eigenvalue weighted by molar-refractivity contribution is 5.91. The molecule has 0 amide bonds. The summed E-state index contributed by atoms with van der Waals surface area (Å²) < 4.78 is 8.09. The van der Waals surface area contributed by atoms with E-state index in [1.165, 1.54) is 6.07 Å². The number of nitro benzene ring substituents is 1. The van der Waals surface area contributed by atoms with Gasteiger partial charge in [0.1, 0.15) is 12.1 Å². The fraction of sp³-hybridized carbons (Fsp3) is 0.0690. The van der Waals surface area contributed by atoms with Gasteiger partial charge in [-0.05, 0) is 16.5 Å². The van der Waals surface area contributed by atoms with Crippen LogP contribution in [0.3, 0.4) is 0 Å². The second kappa shape index (κ2) is 8.23. The number of non-ortho nitro benzene ring substituents is 1. The Kier molecular flexibility index (Phi) is 4.72. The largest absolute Gasteiger partial charge is 0.438 e. The van der Waals surface area contributed by atoms with Gasteiger partial charge in [-0.15, -0.1) is 5.10 Å². The Bertz CT molecular complexity index is 1830. The molecule has 37 heavy (non-hydrogen) atoms. The monoisotopic (exact) mass is 485 g/mol. The summed E-state index contributed by atoms with van der Waals surface area (Å²) in [6, 6.07) is 28.8. The van der Waals surface area contributed by atoms with E-state index in [0.29, 0.717) is 29.5 Å². The molecule has 0 radical (unpaired) electrons. The van der Waals surface area contributed by atoms with Crippen LogP contribution >= 0.6 is 0 Å². The average molecular weight is 486 g/mol. The zero-order chi connectivity index (χ0) is 24.9. The lowest BCUT2D eigenvalue weighted by molar-refractivity contribution is -0.384. The molecule has 178 valence electrons. The number of nitrogens with zero attached hydrogens (tertiary/aromatic N) is 5. The molecule has 0 spiro atoms. The Morgan fingerprint density at radius 2 is 1.78 bits per heavy atom. The molecular weight excluding hydrogens is 466 g/mol. The minimum Gasteiger partial charge on any atom is -0.438 e. The van der Waals surface area contributed by atoms with E-state index in [9.17, 15) is 10.1 Å². The third-order valence-electron chi connectivity index (χ3n) is 6.76. The third kappa shape index (κ3) is 3.49. The van der Waals surface area contributed by atoms with E-state index in [1.807, 2.05) is 72.8 Å². The van der Waals surface area contributed by atoms with Crippen molar-refractivity contribution >= 4 is 22.1 Å². The molecule has 0 saturated carbocycles. The molecule has 8 nitrogen and oxygen atoms in total. The predicted octanol–water partition coefficient (Wildman–Crippen LogP) is 6.06. The van der Waals surface area contributed by atoms with E-state index < -0.39 is 0 Å². The Morgan fingerprint density at radius 3 is 2.65 bits per heavy atom. The van der Waals surface area contributed by atoms with Crippen LogP contribution in [0.15, 0.2) is 97.3 Å². The zero-order valence-corrected chi connectivity index (χ0v) is 19.5. The molecule has 0 aliphatic carbocycles. The van der Waals surface area contributed by atoms with Crippen molar-refractivity contribution < 1.29 is 9.66 Å². The topological polar surface area (TPSA) is 95.5 Å². The van der Waals surface area contributed by atoms with Gasteiger partial charge in [0, 0.05) is 35.4 Å². The lowest BCUT2D eigenvalue weighted by Crippen LogP contribution is -2.15. The van der Waals surface area contributed by atoms with Crippen LogP contribution in [-0.4, -0.2) is 24.5 Å². The van der Waals surface area contributed by atoms with Crippen molar-refractivity contribution in [1.29, 1.82) is 0 Å². The maximum atomic E-state index is 11.6. The highest BCUT2D eigenvalue weighted by Crippen LogP contribution is 2.50. The van der Waals surface area contributed by atoms with E-state index in [-0.39, 0.29) is 16.5 Å². The summed E-state index contributed by atoms with van der Waals surface area (Å²) in [6.45, 7) is 0. The molecule has 1 aliphatic heterocycles. The molecule has 0 bridgehead atoms. The van der Waals surface area contributed by atoms with Crippen molar-refractivity contribution in [3.05, 3.63) is 136 Å². The lowest BCUT2D eigenvalue weighted by Gasteiger charge is -2.28. The molecule has 2 aromatic heterocycles. The van der Waals surface area contributed by atoms with Gasteiger partial charge in [0.05, 0.1) is 10.5 Å². The molecule has 0 fully saturated rings. The molecule has 1 unspecified atom stereocenters. The molecule has 4 aromatic carbocycles. The van der Waals surface area contributed by atoms with Gasteiger partial charge >= 0.3 is 0 Å². The molecular formula is C29H19N5O3. The predicted molar refractivity (Wildman–Crippen MR) is 138 cm³/mol. The summed E-state index contributed by atoms with van der Waals surface area (Å²) in [5, 5.41) is 18.3. The quantitative estimate of drug-likeness (QED) is 0.222. The first-order valence-electron chi connectivity index (χ1n) is 11.9. The Morgan fingerprint density at radius 1 is 0.946 bits per heavy atom. The van der Waals surface area contributed by atoms with E-state index in [4.69, 9.17) is 9.72 Å². The second-order valence-electron chi connectivity index (χ2n) is 9.01. The SMILES string of the molecule is O=[N+]([O-])c1cccc(C2c3ccc4ccccc4c3Oc3ncn4nc(Cc5ccccc5)nc4c32)c1. The number of rotatable bonds is 4. The van der Waals surface area contributed by atoms with Gasteiger partial charge < -0.3 is 4.74 Å². The van der Waals surface area contributed by atoms with Crippen molar-refractivity contribution in [3.63, 3.8) is 0 Å². The molecule has 3 heterocycles. The van der Waals surface area contributed by atoms with Crippen LogP contribution in [0.5, 0.6) is 11.6 Å². The molecule has 6 aromatic rings. The van der Waals surface area contributed by atoms with Crippen LogP contribution in [0.25, 0.3) is 16.4 Å². The first-order valence-corrected chi connectivity index (χ1v) is 11.9. The van der Waals surface area contributed by atoms with Crippen LogP contribution in [0.1, 0.15) is 34.0 Å². The first-order chi connectivity index (χ1) is 18.2. The Labute approximate surface area is 211 Å². The number of hydrogen-bond acceptors (Lipinski definition) is 6. The minimum atomic E-state index is -0.381. The molecule has 7 rings (SSSR count). The Hall–Kier alpha value is -5.11. The van der Waals surface area contributed by atoms with E-state index >= 15 is 0 Å². The summed E-state index contributed by atoms with van der Waals surface area (Å²) in [5.41, 5.74) is 4.14. The fourth-order valence-electron chi connectivity index (χ4n) is 5.11. The van der Waals surface area contributed by atoms with Gasteiger partial charge in [-0.1, -0.05) is 78.9 Å². The fourth-order valence-corrected chi connectivity index (χ4v) is 5.11. The van der Waals surface area contributed by atoms with Gasteiger partial charge in [0.2, 0.25) is 5.88 Å². The summed E-state index contributed by atoms with van der Waals surface area (Å²) in [4.78, 5) is 20.8. The standard InChI is InChI=1S/C29H19N5O3/c35-34(36)21-11-6-10-20(16-21)25-23-14-13-19-9-4-5-12-22(19)27(23)37-29-26(25)28-31-24(32-33(28)17-30-29)15-18-7-2-1-3-8-18/h1-14,16-17,25H,15H2. The number of ether oxygens (including phenoxy) is 1. The van der Waals surface area contributed by atoms with Crippen LogP contribution < -0.4 is 4.74 Å². The Balaban J connectivity index is 1.47. The van der Waals surface area contributed by atoms with Crippen molar-refractivity contribution in [2.45, 2.75) is 12.3 Å². The highest BCUT2D eigenvalue weighted by Gasteiger charge is 2.34. The number of hydrogen-bond donors (Lipinski definition) is 0. The van der Waals surface area contributed by atoms with Crippen LogP contribution in [0.2, 0.25) is 0 Å². The van der Waals surface area contributed by atoms with E-state index in [2.05, 4.69) is 10.1 Å². The van der Waals surface area contributed by atoms with Crippen molar-refractivity contribution in [2.75, 3.05) is 0 Å². The second-order valence-corrected chi connectivity index (χ2v) is 9.01. The summed E-state index contributed by atoms with van der Waals surface area (Å²) in [6.07, 6.45) is 2.18. The van der Waals surface area contributed by atoms with Crippen LogP contribution in [0.4, 0.5) is 5.69 Å². The number of benzene rings is 4. The van der Waals surface area contributed by atoms with E-state index in [1.54, 1.807) is 23.0 Å². The number of fused-ring (bicyclic) bond motifs is 6. The maximum Gasteiger partial charge on any atom is 0.269 e. The normalized spacial score (nSPS) is 14.2. The molecule has 1 aliphatic rings. The van der Waals surface area contributed by atoms with Crippen molar-refractivity contribution in [3.8, 4) is 11.6 Å². The van der Waals surface area contributed by atoms with Gasteiger partial charge in [-0.2, -0.15) is 0 Å². The van der Waals surface area contributed by atoms with Gasteiger partial charge in [-0.25, -0.2) is 14.5 Å². The van der Waals surface area contributed by atoms with Gasteiger partial charge in [-0.3, -0.25) is 10.1 Å². The van der Waals surface area contributed by atoms with E-state index in [0.717, 1.165) is 33.0 Å². The summed E-state index contributed by atoms with van der Waals surface area (Å²) in [7, 11) is 0. The van der Waals surface area contributed by atoms with Crippen LogP contribution in [-0.2, 0) is 6.42 Å². The number of nitro groups is 1. The third-order valence-corrected chi connectivity index (χ3v) is 6.76. The van der Waals surface area contributed by atoms with Gasteiger partial charge in [0.25, 0.3) is 5.69 Å². The lowest BCUT2D eigenvalue weighted by atomic mass is 9.82. The minimum absolute atomic E-state index is 0.0269. The number of aromatic nitrogens is 4. The summed E-state index contributed by atoms with van der Waals surface area (Å²) in [5.74, 6) is 1.39. The van der Waals surface area contributed by atoms with Crippen LogP contribution in [0, 0.1) is 10.1 Å². The first kappa shape index (κ1) is 21.2. The summed E-state index contributed by atoms with van der Waals surface area (Å²) >= 11 is 0. The van der Waals surface area contributed by atoms with Gasteiger partial charge in [0.15, 0.2) is 11.5 Å². The zero-order valence-electron chi connectivity index (χ0n) is 19.5. The maximum absolute atomic E-state index is 11.6. The molecule has 1 atom stereocenters. The molecule has 0 N–H and O–H groups in total. The molecule has 0 saturated heterocycles. The highest BCUT2D eigenvalue weighted by atomic mass is 16.6. The van der Waals surface area contributed by atoms with Crippen molar-refractivity contribution in [2.24, 2.45) is 0 Å². The molecule has 8 heteroatoms. The van der Waals surface area contributed by atoms with Crippen molar-refractivity contribution in [1.82, 2.24) is 19.6 Å².